The molecule has 0 aliphatic carbocycles. The Hall–Kier alpha value is -0.770. The first kappa shape index (κ1) is 15.6. The van der Waals surface area contributed by atoms with Crippen LogP contribution in [0.25, 0.3) is 0 Å². The minimum absolute atomic E-state index is 0.636. The van der Waals surface area contributed by atoms with Crippen molar-refractivity contribution < 1.29 is 0 Å². The van der Waals surface area contributed by atoms with Gasteiger partial charge >= 0.3 is 0 Å². The highest BCUT2D eigenvalue weighted by molar-refractivity contribution is 6.33. The Balaban J connectivity index is 1.99. The van der Waals surface area contributed by atoms with E-state index < -0.39 is 0 Å². The average molecular weight is 296 g/mol. The lowest BCUT2D eigenvalue weighted by Crippen LogP contribution is -2.31. The molecule has 0 bridgehead atoms. The van der Waals surface area contributed by atoms with Gasteiger partial charge in [-0.3, -0.25) is 0 Å². The van der Waals surface area contributed by atoms with E-state index in [1.54, 1.807) is 0 Å². The molecule has 1 heterocycles. The molecule has 0 spiro atoms. The van der Waals surface area contributed by atoms with Crippen molar-refractivity contribution in [3.63, 3.8) is 0 Å². The molecule has 1 aliphatic heterocycles. The van der Waals surface area contributed by atoms with Crippen molar-refractivity contribution in [2.24, 2.45) is 0 Å². The lowest BCUT2D eigenvalue weighted by atomic mass is 10.2. The van der Waals surface area contributed by atoms with Crippen molar-refractivity contribution in [1.29, 1.82) is 0 Å². The maximum absolute atomic E-state index is 6.47. The second kappa shape index (κ2) is 7.30. The fraction of sp³-hybridized carbons (Fsp3) is 0.625. The molecule has 1 N–H and O–H groups in total. The first-order valence-corrected chi connectivity index (χ1v) is 7.90. The summed E-state index contributed by atoms with van der Waals surface area (Å²) in [6, 6.07) is 7.09. The molecule has 1 saturated heterocycles. The van der Waals surface area contributed by atoms with Crippen LogP contribution in [0.4, 0.5) is 5.69 Å². The SMILES string of the molecule is CCCNCc1ccc(N2CCC(N(C)C)C2)c(Cl)c1. The lowest BCUT2D eigenvalue weighted by molar-refractivity contribution is 0.315. The highest BCUT2D eigenvalue weighted by atomic mass is 35.5. The van der Waals surface area contributed by atoms with Crippen LogP contribution in [0.2, 0.25) is 5.02 Å². The normalized spacial score (nSPS) is 19.1. The summed E-state index contributed by atoms with van der Waals surface area (Å²) in [5, 5.41) is 4.29. The zero-order chi connectivity index (χ0) is 14.5. The van der Waals surface area contributed by atoms with Crippen LogP contribution in [-0.2, 0) is 6.54 Å². The van der Waals surface area contributed by atoms with Gasteiger partial charge in [-0.1, -0.05) is 24.6 Å². The zero-order valence-corrected chi connectivity index (χ0v) is 13.6. The molecular formula is C16H26ClN3. The number of benzene rings is 1. The molecule has 1 aromatic carbocycles. The number of halogens is 1. The third-order valence-electron chi connectivity index (χ3n) is 4.00. The van der Waals surface area contributed by atoms with E-state index in [0.29, 0.717) is 6.04 Å². The van der Waals surface area contributed by atoms with Crippen LogP contribution in [0.5, 0.6) is 0 Å². The first-order valence-electron chi connectivity index (χ1n) is 7.52. The van der Waals surface area contributed by atoms with Gasteiger partial charge in [0.25, 0.3) is 0 Å². The van der Waals surface area contributed by atoms with Crippen molar-refractivity contribution in [3.05, 3.63) is 28.8 Å². The first-order chi connectivity index (χ1) is 9.61. The predicted molar refractivity (Wildman–Crippen MR) is 87.8 cm³/mol. The molecule has 0 radical (unpaired) electrons. The number of likely N-dealkylation sites (N-methyl/N-ethyl adjacent to an activating group) is 1. The fourth-order valence-corrected chi connectivity index (χ4v) is 3.03. The van der Waals surface area contributed by atoms with Gasteiger partial charge < -0.3 is 15.1 Å². The molecule has 0 saturated carbocycles. The summed E-state index contributed by atoms with van der Waals surface area (Å²) < 4.78 is 0. The van der Waals surface area contributed by atoms with Gasteiger partial charge in [-0.05, 0) is 51.2 Å². The van der Waals surface area contributed by atoms with Crippen molar-refractivity contribution in [2.45, 2.75) is 32.4 Å². The maximum atomic E-state index is 6.47. The van der Waals surface area contributed by atoms with E-state index in [1.807, 2.05) is 0 Å². The summed E-state index contributed by atoms with van der Waals surface area (Å²) in [6.07, 6.45) is 2.37. The van der Waals surface area contributed by atoms with E-state index in [0.717, 1.165) is 37.6 Å². The molecule has 1 fully saturated rings. The van der Waals surface area contributed by atoms with Gasteiger partial charge in [0, 0.05) is 25.7 Å². The molecule has 1 aliphatic rings. The van der Waals surface area contributed by atoms with E-state index in [-0.39, 0.29) is 0 Å². The molecule has 0 aromatic heterocycles. The van der Waals surface area contributed by atoms with Crippen molar-refractivity contribution >= 4 is 17.3 Å². The van der Waals surface area contributed by atoms with E-state index in [2.05, 4.69) is 54.3 Å². The van der Waals surface area contributed by atoms with E-state index in [9.17, 15) is 0 Å². The van der Waals surface area contributed by atoms with Crippen molar-refractivity contribution in [2.75, 3.05) is 38.6 Å². The Morgan fingerprint density at radius 2 is 2.20 bits per heavy atom. The third kappa shape index (κ3) is 3.87. The highest BCUT2D eigenvalue weighted by Crippen LogP contribution is 2.30. The van der Waals surface area contributed by atoms with Gasteiger partial charge in [0.15, 0.2) is 0 Å². The summed E-state index contributed by atoms with van der Waals surface area (Å²) >= 11 is 6.47. The Kier molecular flexibility index (Phi) is 5.70. The van der Waals surface area contributed by atoms with Crippen LogP contribution in [0, 0.1) is 0 Å². The molecule has 20 heavy (non-hydrogen) atoms. The molecule has 0 amide bonds. The van der Waals surface area contributed by atoms with Gasteiger partial charge in [0.05, 0.1) is 10.7 Å². The third-order valence-corrected chi connectivity index (χ3v) is 4.31. The number of anilines is 1. The molecule has 3 nitrogen and oxygen atoms in total. The van der Waals surface area contributed by atoms with E-state index in [4.69, 9.17) is 11.6 Å². The number of hydrogen-bond acceptors (Lipinski definition) is 3. The zero-order valence-electron chi connectivity index (χ0n) is 12.8. The van der Waals surface area contributed by atoms with Crippen LogP contribution < -0.4 is 10.2 Å². The van der Waals surface area contributed by atoms with Crippen molar-refractivity contribution in [3.8, 4) is 0 Å². The number of nitrogens with zero attached hydrogens (tertiary/aromatic N) is 2. The Morgan fingerprint density at radius 1 is 1.40 bits per heavy atom. The van der Waals surface area contributed by atoms with Crippen LogP contribution >= 0.6 is 11.6 Å². The Labute approximate surface area is 127 Å². The molecule has 4 heteroatoms. The number of hydrogen-bond donors (Lipinski definition) is 1. The smallest absolute Gasteiger partial charge is 0.0642 e. The summed E-state index contributed by atoms with van der Waals surface area (Å²) in [4.78, 5) is 4.70. The highest BCUT2D eigenvalue weighted by Gasteiger charge is 2.25. The summed E-state index contributed by atoms with van der Waals surface area (Å²) in [5.74, 6) is 0. The van der Waals surface area contributed by atoms with Gasteiger partial charge in [-0.2, -0.15) is 0 Å². The lowest BCUT2D eigenvalue weighted by Gasteiger charge is -2.23. The summed E-state index contributed by atoms with van der Waals surface area (Å²) in [7, 11) is 4.30. The van der Waals surface area contributed by atoms with Crippen LogP contribution in [0.3, 0.4) is 0 Å². The van der Waals surface area contributed by atoms with Gasteiger partial charge in [0.2, 0.25) is 0 Å². The summed E-state index contributed by atoms with van der Waals surface area (Å²) in [6.45, 7) is 6.29. The predicted octanol–water partition coefficient (Wildman–Crippen LogP) is 2.98. The van der Waals surface area contributed by atoms with Gasteiger partial charge in [0.1, 0.15) is 0 Å². The van der Waals surface area contributed by atoms with E-state index >= 15 is 0 Å². The fourth-order valence-electron chi connectivity index (χ4n) is 2.71. The minimum atomic E-state index is 0.636. The Morgan fingerprint density at radius 3 is 2.80 bits per heavy atom. The monoisotopic (exact) mass is 295 g/mol. The van der Waals surface area contributed by atoms with Gasteiger partial charge in [-0.25, -0.2) is 0 Å². The molecular weight excluding hydrogens is 270 g/mol. The van der Waals surface area contributed by atoms with Crippen LogP contribution in [0.1, 0.15) is 25.3 Å². The molecule has 1 unspecified atom stereocenters. The van der Waals surface area contributed by atoms with Gasteiger partial charge in [-0.15, -0.1) is 0 Å². The summed E-state index contributed by atoms with van der Waals surface area (Å²) in [5.41, 5.74) is 2.44. The van der Waals surface area contributed by atoms with Crippen LogP contribution in [-0.4, -0.2) is 44.7 Å². The van der Waals surface area contributed by atoms with E-state index in [1.165, 1.54) is 17.7 Å². The minimum Gasteiger partial charge on any atom is -0.369 e. The second-order valence-corrected chi connectivity index (χ2v) is 6.22. The molecule has 1 aromatic rings. The molecule has 2 rings (SSSR count). The average Bonchev–Trinajstić information content (AvgIpc) is 2.89. The molecule has 1 atom stereocenters. The topological polar surface area (TPSA) is 18.5 Å². The molecule has 112 valence electrons. The number of nitrogens with one attached hydrogen (secondary N) is 1. The van der Waals surface area contributed by atoms with Crippen LogP contribution in [0.15, 0.2) is 18.2 Å². The standard InChI is InChI=1S/C16H26ClN3/c1-4-8-18-11-13-5-6-16(15(17)10-13)20-9-7-14(12-20)19(2)3/h5-6,10,14,18H,4,7-9,11-12H2,1-3H3. The van der Waals surface area contributed by atoms with Crippen molar-refractivity contribution in [1.82, 2.24) is 10.2 Å². The quantitative estimate of drug-likeness (QED) is 0.814. The Bertz CT molecular complexity index is 434. The number of rotatable bonds is 6. The maximum Gasteiger partial charge on any atom is 0.0642 e. The largest absolute Gasteiger partial charge is 0.369 e. The second-order valence-electron chi connectivity index (χ2n) is 5.81.